The molecule has 13 heavy (non-hydrogen) atoms. The van der Waals surface area contributed by atoms with Crippen LogP contribution in [0, 0.1) is 5.82 Å². The van der Waals surface area contributed by atoms with E-state index in [0.717, 1.165) is 17.4 Å². The summed E-state index contributed by atoms with van der Waals surface area (Å²) in [6.07, 6.45) is 0.721. The fourth-order valence-corrected chi connectivity index (χ4v) is 1.16. The molecule has 3 heteroatoms. The summed E-state index contributed by atoms with van der Waals surface area (Å²) < 4.78 is 13.0. The van der Waals surface area contributed by atoms with Crippen LogP contribution < -0.4 is 0 Å². The maximum atomic E-state index is 12.5. The van der Waals surface area contributed by atoms with Gasteiger partial charge in [0.05, 0.1) is 4.48 Å². The van der Waals surface area contributed by atoms with Gasteiger partial charge in [0.15, 0.2) is 6.29 Å². The van der Waals surface area contributed by atoms with Gasteiger partial charge in [-0.2, -0.15) is 0 Å². The van der Waals surface area contributed by atoms with Gasteiger partial charge >= 0.3 is 0 Å². The molecule has 0 saturated carbocycles. The van der Waals surface area contributed by atoms with Gasteiger partial charge in [-0.15, -0.1) is 0 Å². The molecule has 1 nitrogen and oxygen atoms in total. The Bertz CT molecular complexity index is 340. The zero-order chi connectivity index (χ0) is 9.84. The highest BCUT2D eigenvalue weighted by molar-refractivity contribution is 9.12. The minimum Gasteiger partial charge on any atom is -0.297 e. The van der Waals surface area contributed by atoms with E-state index < -0.39 is 0 Å². The van der Waals surface area contributed by atoms with Crippen LogP contribution in [-0.4, -0.2) is 6.29 Å². The average molecular weight is 243 g/mol. The molecule has 0 fully saturated rings. The number of rotatable bonds is 2. The van der Waals surface area contributed by atoms with Crippen LogP contribution in [0.5, 0.6) is 0 Å². The molecule has 0 aliphatic carbocycles. The van der Waals surface area contributed by atoms with E-state index in [1.165, 1.54) is 12.1 Å². The summed E-state index contributed by atoms with van der Waals surface area (Å²) in [6, 6.07) is 6.00. The molecule has 0 aromatic heterocycles. The Hall–Kier alpha value is -0.960. The van der Waals surface area contributed by atoms with Gasteiger partial charge in [0.1, 0.15) is 5.82 Å². The van der Waals surface area contributed by atoms with Crippen molar-refractivity contribution in [2.24, 2.45) is 0 Å². The van der Waals surface area contributed by atoms with E-state index in [1.807, 2.05) is 0 Å². The molecule has 1 aromatic carbocycles. The summed E-state index contributed by atoms with van der Waals surface area (Å²) in [5, 5.41) is 0. The highest BCUT2D eigenvalue weighted by atomic mass is 79.9. The Morgan fingerprint density at radius 1 is 1.38 bits per heavy atom. The largest absolute Gasteiger partial charge is 0.297 e. The van der Waals surface area contributed by atoms with Gasteiger partial charge in [-0.05, 0) is 46.1 Å². The van der Waals surface area contributed by atoms with Gasteiger partial charge < -0.3 is 0 Å². The fourth-order valence-electron chi connectivity index (χ4n) is 0.926. The SMILES string of the molecule is C/C(=C(/Br)C=O)c1ccc(F)cc1. The van der Waals surface area contributed by atoms with Crippen LogP contribution in [0.25, 0.3) is 5.57 Å². The summed E-state index contributed by atoms with van der Waals surface area (Å²) in [5.41, 5.74) is 1.63. The van der Waals surface area contributed by atoms with Crippen molar-refractivity contribution in [2.75, 3.05) is 0 Å². The molecule has 0 atom stereocenters. The van der Waals surface area contributed by atoms with Crippen LogP contribution in [0.2, 0.25) is 0 Å². The summed E-state index contributed by atoms with van der Waals surface area (Å²) in [4.78, 5) is 10.4. The van der Waals surface area contributed by atoms with Crippen LogP contribution >= 0.6 is 15.9 Å². The second kappa shape index (κ2) is 4.33. The molecule has 1 rings (SSSR count). The van der Waals surface area contributed by atoms with Crippen molar-refractivity contribution in [1.82, 2.24) is 0 Å². The molecule has 0 aliphatic rings. The van der Waals surface area contributed by atoms with E-state index in [-0.39, 0.29) is 5.82 Å². The topological polar surface area (TPSA) is 17.1 Å². The fraction of sp³-hybridized carbons (Fsp3) is 0.100. The van der Waals surface area contributed by atoms with Crippen LogP contribution in [0.3, 0.4) is 0 Å². The smallest absolute Gasteiger partial charge is 0.157 e. The van der Waals surface area contributed by atoms with E-state index in [0.29, 0.717) is 4.48 Å². The molecule has 0 spiro atoms. The van der Waals surface area contributed by atoms with Crippen LogP contribution in [0.1, 0.15) is 12.5 Å². The lowest BCUT2D eigenvalue weighted by Gasteiger charge is -2.01. The first-order chi connectivity index (χ1) is 6.15. The zero-order valence-electron chi connectivity index (χ0n) is 7.05. The molecule has 0 N–H and O–H groups in total. The number of carbonyl (C=O) groups is 1. The standard InChI is InChI=1S/C10H8BrFO/c1-7(10(11)6-13)8-2-4-9(12)5-3-8/h2-6H,1H3/b10-7-. The van der Waals surface area contributed by atoms with Crippen molar-refractivity contribution in [1.29, 1.82) is 0 Å². The molecular weight excluding hydrogens is 235 g/mol. The van der Waals surface area contributed by atoms with Crippen molar-refractivity contribution in [3.8, 4) is 0 Å². The molecule has 0 heterocycles. The summed E-state index contributed by atoms with van der Waals surface area (Å²) in [5.74, 6) is -0.279. The normalized spacial score (nSPS) is 12.2. The van der Waals surface area contributed by atoms with E-state index in [1.54, 1.807) is 19.1 Å². The lowest BCUT2D eigenvalue weighted by atomic mass is 10.1. The Labute approximate surface area is 84.4 Å². The number of hydrogen-bond acceptors (Lipinski definition) is 1. The Kier molecular flexibility index (Phi) is 3.37. The maximum absolute atomic E-state index is 12.5. The zero-order valence-corrected chi connectivity index (χ0v) is 8.64. The van der Waals surface area contributed by atoms with Crippen molar-refractivity contribution in [3.05, 3.63) is 40.1 Å². The summed E-state index contributed by atoms with van der Waals surface area (Å²) in [7, 11) is 0. The molecule has 0 unspecified atom stereocenters. The quantitative estimate of drug-likeness (QED) is 0.576. The molecule has 0 bridgehead atoms. The Balaban J connectivity index is 3.09. The predicted molar refractivity (Wildman–Crippen MR) is 54.0 cm³/mol. The predicted octanol–water partition coefficient (Wildman–Crippen LogP) is 3.15. The number of carbonyl (C=O) groups excluding carboxylic acids is 1. The van der Waals surface area contributed by atoms with Crippen LogP contribution in [-0.2, 0) is 4.79 Å². The highest BCUT2D eigenvalue weighted by Crippen LogP contribution is 2.20. The van der Waals surface area contributed by atoms with Crippen molar-refractivity contribution >= 4 is 27.8 Å². The monoisotopic (exact) mass is 242 g/mol. The molecule has 0 radical (unpaired) electrons. The first kappa shape index (κ1) is 10.1. The number of hydrogen-bond donors (Lipinski definition) is 0. The number of allylic oxidation sites excluding steroid dienone is 2. The van der Waals surface area contributed by atoms with Crippen molar-refractivity contribution in [2.45, 2.75) is 6.92 Å². The second-order valence-electron chi connectivity index (χ2n) is 2.60. The average Bonchev–Trinajstić information content (AvgIpc) is 2.17. The number of halogens is 2. The molecule has 1 aromatic rings. The van der Waals surface area contributed by atoms with Crippen molar-refractivity contribution < 1.29 is 9.18 Å². The second-order valence-corrected chi connectivity index (χ2v) is 3.45. The van der Waals surface area contributed by atoms with E-state index in [4.69, 9.17) is 0 Å². The molecule has 0 amide bonds. The molecule has 0 saturated heterocycles. The van der Waals surface area contributed by atoms with E-state index in [9.17, 15) is 9.18 Å². The lowest BCUT2D eigenvalue weighted by Crippen LogP contribution is -1.84. The first-order valence-electron chi connectivity index (χ1n) is 3.72. The minimum atomic E-state index is -0.279. The van der Waals surface area contributed by atoms with Gasteiger partial charge in [0.2, 0.25) is 0 Å². The number of benzene rings is 1. The van der Waals surface area contributed by atoms with Crippen LogP contribution in [0.15, 0.2) is 28.7 Å². The third-order valence-corrected chi connectivity index (χ3v) is 2.52. The van der Waals surface area contributed by atoms with Gasteiger partial charge in [-0.25, -0.2) is 4.39 Å². The molecule has 0 aliphatic heterocycles. The highest BCUT2D eigenvalue weighted by Gasteiger charge is 2.00. The first-order valence-corrected chi connectivity index (χ1v) is 4.52. The van der Waals surface area contributed by atoms with Gasteiger partial charge in [-0.1, -0.05) is 12.1 Å². The van der Waals surface area contributed by atoms with Crippen molar-refractivity contribution in [3.63, 3.8) is 0 Å². The Morgan fingerprint density at radius 3 is 2.38 bits per heavy atom. The van der Waals surface area contributed by atoms with E-state index >= 15 is 0 Å². The minimum absolute atomic E-state index is 0.279. The lowest BCUT2D eigenvalue weighted by molar-refractivity contribution is -0.104. The van der Waals surface area contributed by atoms with Crippen LogP contribution in [0.4, 0.5) is 4.39 Å². The summed E-state index contributed by atoms with van der Waals surface area (Å²) >= 11 is 3.12. The third-order valence-electron chi connectivity index (χ3n) is 1.74. The van der Waals surface area contributed by atoms with Gasteiger partial charge in [-0.3, -0.25) is 4.79 Å². The number of aldehydes is 1. The third kappa shape index (κ3) is 2.49. The summed E-state index contributed by atoms with van der Waals surface area (Å²) in [6.45, 7) is 1.80. The van der Waals surface area contributed by atoms with Gasteiger partial charge in [0, 0.05) is 0 Å². The van der Waals surface area contributed by atoms with E-state index in [2.05, 4.69) is 15.9 Å². The molecular formula is C10H8BrFO. The maximum Gasteiger partial charge on any atom is 0.157 e. The van der Waals surface area contributed by atoms with Gasteiger partial charge in [0.25, 0.3) is 0 Å². The molecule has 68 valence electrons. The Morgan fingerprint density at radius 2 is 1.92 bits per heavy atom.